The van der Waals surface area contributed by atoms with Gasteiger partial charge in [-0.1, -0.05) is 18.2 Å². The summed E-state index contributed by atoms with van der Waals surface area (Å²) in [7, 11) is 0. The molecule has 2 fully saturated rings. The third-order valence-electron chi connectivity index (χ3n) is 5.19. The van der Waals surface area contributed by atoms with Crippen LogP contribution in [0.3, 0.4) is 0 Å². The van der Waals surface area contributed by atoms with E-state index in [9.17, 15) is 0 Å². The molecule has 0 radical (unpaired) electrons. The van der Waals surface area contributed by atoms with E-state index in [0.717, 1.165) is 36.3 Å². The van der Waals surface area contributed by atoms with Crippen molar-refractivity contribution < 1.29 is 0 Å². The number of likely N-dealkylation sites (tertiary alicyclic amines) is 1. The molecule has 22 heavy (non-hydrogen) atoms. The molecule has 4 nitrogen and oxygen atoms in total. The number of hydrogen-bond donors (Lipinski definition) is 0. The van der Waals surface area contributed by atoms with E-state index >= 15 is 0 Å². The largest absolute Gasteiger partial charge is 0.341 e. The summed E-state index contributed by atoms with van der Waals surface area (Å²) in [5.74, 6) is 0.913. The maximum atomic E-state index is 4.78. The first-order valence-corrected chi connectivity index (χ1v) is 8.53. The van der Waals surface area contributed by atoms with Gasteiger partial charge in [-0.25, -0.2) is 9.97 Å². The third kappa shape index (κ3) is 2.56. The van der Waals surface area contributed by atoms with Crippen LogP contribution in [0, 0.1) is 6.92 Å². The normalized spacial score (nSPS) is 20.9. The van der Waals surface area contributed by atoms with E-state index in [1.165, 1.54) is 44.2 Å². The predicted octanol–water partition coefficient (Wildman–Crippen LogP) is 3.00. The summed E-state index contributed by atoms with van der Waals surface area (Å²) in [4.78, 5) is 14.6. The summed E-state index contributed by atoms with van der Waals surface area (Å²) in [6.45, 7) is 6.86. The van der Waals surface area contributed by atoms with E-state index in [1.807, 2.05) is 0 Å². The number of aryl methyl sites for hydroxylation is 1. The Bertz CT molecular complexity index is 655. The molecule has 3 heterocycles. The monoisotopic (exact) mass is 296 g/mol. The number of para-hydroxylation sites is 1. The summed E-state index contributed by atoms with van der Waals surface area (Å²) in [6, 6.07) is 9.08. The lowest BCUT2D eigenvalue weighted by Gasteiger charge is -2.36. The van der Waals surface area contributed by atoms with Gasteiger partial charge in [-0.2, -0.15) is 0 Å². The Morgan fingerprint density at radius 3 is 2.45 bits per heavy atom. The molecule has 4 rings (SSSR count). The Hall–Kier alpha value is -1.68. The number of benzene rings is 1. The van der Waals surface area contributed by atoms with Gasteiger partial charge < -0.3 is 9.80 Å². The van der Waals surface area contributed by atoms with Crippen molar-refractivity contribution in [3.05, 3.63) is 30.0 Å². The van der Waals surface area contributed by atoms with Crippen molar-refractivity contribution in [2.45, 2.75) is 38.6 Å². The minimum absolute atomic E-state index is 0.778. The van der Waals surface area contributed by atoms with Gasteiger partial charge in [0, 0.05) is 24.5 Å². The van der Waals surface area contributed by atoms with Crippen LogP contribution in [0.2, 0.25) is 0 Å². The van der Waals surface area contributed by atoms with Gasteiger partial charge in [0.15, 0.2) is 0 Å². The zero-order valence-electron chi connectivity index (χ0n) is 13.3. The van der Waals surface area contributed by atoms with Gasteiger partial charge in [0.1, 0.15) is 0 Å². The zero-order chi connectivity index (χ0) is 14.9. The smallest absolute Gasteiger partial charge is 0.226 e. The van der Waals surface area contributed by atoms with Crippen molar-refractivity contribution >= 4 is 16.9 Å². The molecule has 1 aromatic heterocycles. The van der Waals surface area contributed by atoms with E-state index in [4.69, 9.17) is 9.97 Å². The summed E-state index contributed by atoms with van der Waals surface area (Å²) < 4.78 is 0. The number of hydrogen-bond acceptors (Lipinski definition) is 4. The van der Waals surface area contributed by atoms with E-state index in [2.05, 4.69) is 41.0 Å². The lowest BCUT2D eigenvalue weighted by atomic mass is 10.0. The van der Waals surface area contributed by atoms with Crippen LogP contribution in [0.5, 0.6) is 0 Å². The highest BCUT2D eigenvalue weighted by Gasteiger charge is 2.27. The fourth-order valence-corrected chi connectivity index (χ4v) is 3.90. The molecule has 116 valence electrons. The Morgan fingerprint density at radius 2 is 1.68 bits per heavy atom. The van der Waals surface area contributed by atoms with Gasteiger partial charge >= 0.3 is 0 Å². The first kappa shape index (κ1) is 13.9. The molecular weight excluding hydrogens is 272 g/mol. The fraction of sp³-hybridized carbons (Fsp3) is 0.556. The number of fused-ring (bicyclic) bond motifs is 1. The SMILES string of the molecule is Cc1nc(N2CCC(N3CCCC3)CC2)nc2ccccc12. The van der Waals surface area contributed by atoms with Gasteiger partial charge in [-0.05, 0) is 51.8 Å². The second-order valence-corrected chi connectivity index (χ2v) is 6.59. The first-order valence-electron chi connectivity index (χ1n) is 8.53. The summed E-state index contributed by atoms with van der Waals surface area (Å²) in [6.07, 6.45) is 5.25. The van der Waals surface area contributed by atoms with E-state index < -0.39 is 0 Å². The molecule has 0 saturated carbocycles. The Morgan fingerprint density at radius 1 is 0.955 bits per heavy atom. The highest BCUT2D eigenvalue weighted by Crippen LogP contribution is 2.25. The third-order valence-corrected chi connectivity index (χ3v) is 5.19. The van der Waals surface area contributed by atoms with E-state index in [0.29, 0.717) is 0 Å². The molecule has 4 heteroatoms. The van der Waals surface area contributed by atoms with Crippen molar-refractivity contribution in [1.29, 1.82) is 0 Å². The fourth-order valence-electron chi connectivity index (χ4n) is 3.90. The van der Waals surface area contributed by atoms with Gasteiger partial charge in [-0.15, -0.1) is 0 Å². The van der Waals surface area contributed by atoms with Crippen molar-refractivity contribution in [2.24, 2.45) is 0 Å². The maximum Gasteiger partial charge on any atom is 0.226 e. The van der Waals surface area contributed by atoms with E-state index in [-0.39, 0.29) is 0 Å². The topological polar surface area (TPSA) is 32.3 Å². The lowest BCUT2D eigenvalue weighted by Crippen LogP contribution is -2.44. The molecule has 2 aliphatic heterocycles. The number of piperidine rings is 1. The number of anilines is 1. The van der Waals surface area contributed by atoms with Crippen molar-refractivity contribution in [3.8, 4) is 0 Å². The van der Waals surface area contributed by atoms with Crippen molar-refractivity contribution in [3.63, 3.8) is 0 Å². The van der Waals surface area contributed by atoms with Crippen LogP contribution in [-0.2, 0) is 0 Å². The maximum absolute atomic E-state index is 4.78. The summed E-state index contributed by atoms with van der Waals surface area (Å²) >= 11 is 0. The molecule has 2 saturated heterocycles. The van der Waals surface area contributed by atoms with Gasteiger partial charge in [0.2, 0.25) is 5.95 Å². The Balaban J connectivity index is 1.51. The molecule has 2 aromatic rings. The number of nitrogens with zero attached hydrogens (tertiary/aromatic N) is 4. The summed E-state index contributed by atoms with van der Waals surface area (Å²) in [5.41, 5.74) is 2.15. The van der Waals surface area contributed by atoms with Crippen molar-refractivity contribution in [1.82, 2.24) is 14.9 Å². The molecule has 0 N–H and O–H groups in total. The first-order chi connectivity index (χ1) is 10.8. The van der Waals surface area contributed by atoms with E-state index in [1.54, 1.807) is 0 Å². The Kier molecular flexibility index (Phi) is 3.70. The molecule has 0 atom stereocenters. The summed E-state index contributed by atoms with van der Waals surface area (Å²) in [5, 5.41) is 1.17. The van der Waals surface area contributed by atoms with Crippen LogP contribution in [0.4, 0.5) is 5.95 Å². The molecule has 0 amide bonds. The second kappa shape index (κ2) is 5.84. The minimum Gasteiger partial charge on any atom is -0.341 e. The van der Waals surface area contributed by atoms with Crippen LogP contribution in [-0.4, -0.2) is 47.1 Å². The van der Waals surface area contributed by atoms with Gasteiger partial charge in [0.25, 0.3) is 0 Å². The molecule has 0 bridgehead atoms. The standard InChI is InChI=1S/C18H24N4/c1-14-16-6-2-3-7-17(16)20-18(19-14)22-12-8-15(9-13-22)21-10-4-5-11-21/h2-3,6-7,15H,4-5,8-13H2,1H3. The van der Waals surface area contributed by atoms with Crippen molar-refractivity contribution in [2.75, 3.05) is 31.1 Å². The predicted molar refractivity (Wildman–Crippen MR) is 90.3 cm³/mol. The molecule has 2 aliphatic rings. The molecular formula is C18H24N4. The zero-order valence-corrected chi connectivity index (χ0v) is 13.3. The number of rotatable bonds is 2. The lowest BCUT2D eigenvalue weighted by molar-refractivity contribution is 0.207. The molecule has 0 unspecified atom stereocenters. The molecule has 1 aromatic carbocycles. The van der Waals surface area contributed by atoms with Crippen LogP contribution in [0.1, 0.15) is 31.4 Å². The Labute approximate surface area is 132 Å². The van der Waals surface area contributed by atoms with Crippen LogP contribution in [0.25, 0.3) is 10.9 Å². The highest BCUT2D eigenvalue weighted by atomic mass is 15.3. The average Bonchev–Trinajstić information content (AvgIpc) is 3.09. The second-order valence-electron chi connectivity index (χ2n) is 6.59. The van der Waals surface area contributed by atoms with Crippen LogP contribution < -0.4 is 4.90 Å². The number of aromatic nitrogens is 2. The molecule has 0 aliphatic carbocycles. The quantitative estimate of drug-likeness (QED) is 0.853. The van der Waals surface area contributed by atoms with Gasteiger partial charge in [-0.3, -0.25) is 0 Å². The molecule has 0 spiro atoms. The minimum atomic E-state index is 0.778. The van der Waals surface area contributed by atoms with Gasteiger partial charge in [0.05, 0.1) is 11.2 Å². The average molecular weight is 296 g/mol. The van der Waals surface area contributed by atoms with Crippen LogP contribution in [0.15, 0.2) is 24.3 Å². The van der Waals surface area contributed by atoms with Crippen LogP contribution >= 0.6 is 0 Å². The highest BCUT2D eigenvalue weighted by molar-refractivity contribution is 5.81.